The average Bonchev–Trinajstić information content (AvgIpc) is 2.59. The molecule has 0 aromatic heterocycles. The van der Waals surface area contributed by atoms with E-state index in [1.807, 2.05) is 13.0 Å². The second-order valence-electron chi connectivity index (χ2n) is 4.70. The summed E-state index contributed by atoms with van der Waals surface area (Å²) >= 11 is 3.40. The predicted octanol–water partition coefficient (Wildman–Crippen LogP) is 2.92. The Balaban J connectivity index is 2.88. The van der Waals surface area contributed by atoms with Gasteiger partial charge in [0, 0.05) is 24.2 Å². The third-order valence-corrected chi connectivity index (χ3v) is 3.81. The molecule has 0 heterocycles. The Morgan fingerprint density at radius 1 is 1.33 bits per heavy atom. The molecule has 0 aliphatic rings. The lowest BCUT2D eigenvalue weighted by molar-refractivity contribution is -0.117. The second kappa shape index (κ2) is 10.7. The van der Waals surface area contributed by atoms with Gasteiger partial charge in [0.2, 0.25) is 0 Å². The summed E-state index contributed by atoms with van der Waals surface area (Å²) in [7, 11) is 3.06. The Labute approximate surface area is 150 Å². The highest BCUT2D eigenvalue weighted by molar-refractivity contribution is 9.10. The first-order valence-electron chi connectivity index (χ1n) is 7.46. The first-order valence-corrected chi connectivity index (χ1v) is 8.25. The fourth-order valence-electron chi connectivity index (χ4n) is 1.90. The van der Waals surface area contributed by atoms with Crippen LogP contribution in [0.25, 0.3) is 6.08 Å². The van der Waals surface area contributed by atoms with E-state index in [9.17, 15) is 10.1 Å². The van der Waals surface area contributed by atoms with Crippen molar-refractivity contribution in [3.05, 3.63) is 27.7 Å². The fraction of sp³-hybridized carbons (Fsp3) is 0.412. The standard InChI is InChI=1S/C17H21BrN2O4/c1-4-24-7-5-6-20-17(21)13(11-19)8-12-9-15(22-2)16(23-3)10-14(12)18/h8-10H,4-7H2,1-3H3,(H,20,21)/b13-8+. The van der Waals surface area contributed by atoms with Gasteiger partial charge in [0.25, 0.3) is 5.91 Å². The highest BCUT2D eigenvalue weighted by Gasteiger charge is 2.12. The average molecular weight is 397 g/mol. The summed E-state index contributed by atoms with van der Waals surface area (Å²) in [5.74, 6) is 0.650. The lowest BCUT2D eigenvalue weighted by Crippen LogP contribution is -2.26. The van der Waals surface area contributed by atoms with Gasteiger partial charge < -0.3 is 19.5 Å². The zero-order valence-corrected chi connectivity index (χ0v) is 15.6. The molecular weight excluding hydrogens is 376 g/mol. The monoisotopic (exact) mass is 396 g/mol. The number of carbonyl (C=O) groups excluding carboxylic acids is 1. The first-order chi connectivity index (χ1) is 11.6. The van der Waals surface area contributed by atoms with Crippen LogP contribution in [0, 0.1) is 11.3 Å². The van der Waals surface area contributed by atoms with Crippen LogP contribution in [0.4, 0.5) is 0 Å². The molecule has 0 atom stereocenters. The molecule has 0 saturated carbocycles. The van der Waals surface area contributed by atoms with Crippen LogP contribution < -0.4 is 14.8 Å². The minimum atomic E-state index is -0.421. The van der Waals surface area contributed by atoms with Gasteiger partial charge in [-0.3, -0.25) is 4.79 Å². The summed E-state index contributed by atoms with van der Waals surface area (Å²) in [6, 6.07) is 5.34. The third-order valence-electron chi connectivity index (χ3n) is 3.12. The Bertz CT molecular complexity index is 638. The van der Waals surface area contributed by atoms with Crippen LogP contribution in [0.1, 0.15) is 18.9 Å². The molecule has 0 fully saturated rings. The van der Waals surface area contributed by atoms with E-state index < -0.39 is 5.91 Å². The zero-order valence-electron chi connectivity index (χ0n) is 14.0. The van der Waals surface area contributed by atoms with Crippen molar-refractivity contribution in [2.75, 3.05) is 34.0 Å². The topological polar surface area (TPSA) is 80.6 Å². The van der Waals surface area contributed by atoms with Crippen LogP contribution in [-0.4, -0.2) is 39.9 Å². The Morgan fingerprint density at radius 3 is 2.58 bits per heavy atom. The molecule has 1 aromatic rings. The summed E-state index contributed by atoms with van der Waals surface area (Å²) in [5, 5.41) is 11.9. The summed E-state index contributed by atoms with van der Waals surface area (Å²) in [6.07, 6.45) is 2.20. The van der Waals surface area contributed by atoms with E-state index in [-0.39, 0.29) is 5.57 Å². The molecule has 0 aliphatic heterocycles. The number of methoxy groups -OCH3 is 2. The van der Waals surface area contributed by atoms with Crippen molar-refractivity contribution in [2.24, 2.45) is 0 Å². The highest BCUT2D eigenvalue weighted by Crippen LogP contribution is 2.34. The lowest BCUT2D eigenvalue weighted by atomic mass is 10.1. The normalized spacial score (nSPS) is 10.9. The molecule has 0 bridgehead atoms. The molecular formula is C17H21BrN2O4. The Kier molecular flexibility index (Phi) is 8.90. The van der Waals surface area contributed by atoms with Gasteiger partial charge in [-0.2, -0.15) is 5.26 Å². The van der Waals surface area contributed by atoms with Gasteiger partial charge >= 0.3 is 0 Å². The molecule has 1 amide bonds. The number of hydrogen-bond acceptors (Lipinski definition) is 5. The van der Waals surface area contributed by atoms with Gasteiger partial charge in [0.05, 0.1) is 14.2 Å². The lowest BCUT2D eigenvalue weighted by Gasteiger charge is -2.10. The van der Waals surface area contributed by atoms with Crippen LogP contribution in [0.2, 0.25) is 0 Å². The van der Waals surface area contributed by atoms with Gasteiger partial charge in [-0.05, 0) is 37.1 Å². The van der Waals surface area contributed by atoms with E-state index in [0.29, 0.717) is 47.7 Å². The summed E-state index contributed by atoms with van der Waals surface area (Å²) in [5.41, 5.74) is 0.660. The summed E-state index contributed by atoms with van der Waals surface area (Å²) < 4.78 is 16.3. The molecule has 24 heavy (non-hydrogen) atoms. The number of nitrogens with zero attached hydrogens (tertiary/aromatic N) is 1. The number of halogens is 1. The number of rotatable bonds is 9. The van der Waals surface area contributed by atoms with Gasteiger partial charge in [-0.1, -0.05) is 15.9 Å². The molecule has 0 unspecified atom stereocenters. The van der Waals surface area contributed by atoms with Crippen molar-refractivity contribution >= 4 is 27.9 Å². The molecule has 0 radical (unpaired) electrons. The van der Waals surface area contributed by atoms with E-state index in [4.69, 9.17) is 14.2 Å². The number of nitriles is 1. The van der Waals surface area contributed by atoms with Crippen molar-refractivity contribution < 1.29 is 19.0 Å². The van der Waals surface area contributed by atoms with Gasteiger partial charge in [-0.15, -0.1) is 0 Å². The minimum Gasteiger partial charge on any atom is -0.493 e. The Morgan fingerprint density at radius 2 is 2.00 bits per heavy atom. The van der Waals surface area contributed by atoms with Crippen molar-refractivity contribution in [3.8, 4) is 17.6 Å². The van der Waals surface area contributed by atoms with Crippen molar-refractivity contribution in [1.29, 1.82) is 5.26 Å². The van der Waals surface area contributed by atoms with Gasteiger partial charge in [-0.25, -0.2) is 0 Å². The smallest absolute Gasteiger partial charge is 0.261 e. The SMILES string of the molecule is CCOCCCNC(=O)/C(C#N)=C/c1cc(OC)c(OC)cc1Br. The van der Waals surface area contributed by atoms with E-state index >= 15 is 0 Å². The number of nitrogens with one attached hydrogen (secondary N) is 1. The molecule has 1 rings (SSSR count). The van der Waals surface area contributed by atoms with Crippen LogP contribution in [0.15, 0.2) is 22.2 Å². The maximum Gasteiger partial charge on any atom is 0.261 e. The molecule has 0 spiro atoms. The van der Waals surface area contributed by atoms with Crippen LogP contribution >= 0.6 is 15.9 Å². The molecule has 1 N–H and O–H groups in total. The molecule has 130 valence electrons. The molecule has 6 nitrogen and oxygen atoms in total. The number of carbonyl (C=O) groups is 1. The number of hydrogen-bond donors (Lipinski definition) is 1. The van der Waals surface area contributed by atoms with Crippen molar-refractivity contribution in [2.45, 2.75) is 13.3 Å². The number of ether oxygens (including phenoxy) is 3. The van der Waals surface area contributed by atoms with Crippen LogP contribution in [0.5, 0.6) is 11.5 Å². The number of benzene rings is 1. The van der Waals surface area contributed by atoms with Gasteiger partial charge in [0.15, 0.2) is 11.5 Å². The van der Waals surface area contributed by atoms with Crippen LogP contribution in [0.3, 0.4) is 0 Å². The maximum absolute atomic E-state index is 12.1. The van der Waals surface area contributed by atoms with E-state index in [2.05, 4.69) is 21.2 Å². The molecule has 1 aromatic carbocycles. The zero-order chi connectivity index (χ0) is 17.9. The predicted molar refractivity (Wildman–Crippen MR) is 95.0 cm³/mol. The number of amides is 1. The van der Waals surface area contributed by atoms with Crippen molar-refractivity contribution in [3.63, 3.8) is 0 Å². The van der Waals surface area contributed by atoms with Gasteiger partial charge in [0.1, 0.15) is 11.6 Å². The maximum atomic E-state index is 12.1. The fourth-order valence-corrected chi connectivity index (χ4v) is 2.34. The largest absolute Gasteiger partial charge is 0.493 e. The second-order valence-corrected chi connectivity index (χ2v) is 5.56. The summed E-state index contributed by atoms with van der Waals surface area (Å²) in [6.45, 7) is 3.58. The minimum absolute atomic E-state index is 0.0133. The van der Waals surface area contributed by atoms with E-state index in [0.717, 1.165) is 0 Å². The molecule has 0 aliphatic carbocycles. The van der Waals surface area contributed by atoms with E-state index in [1.165, 1.54) is 20.3 Å². The van der Waals surface area contributed by atoms with Crippen LogP contribution in [-0.2, 0) is 9.53 Å². The van der Waals surface area contributed by atoms with Crippen molar-refractivity contribution in [1.82, 2.24) is 5.32 Å². The first kappa shape index (κ1) is 20.0. The quantitative estimate of drug-likeness (QED) is 0.394. The third kappa shape index (κ3) is 5.87. The highest BCUT2D eigenvalue weighted by atomic mass is 79.9. The Hall–Kier alpha value is -2.04. The molecule has 0 saturated heterocycles. The van der Waals surface area contributed by atoms with E-state index in [1.54, 1.807) is 12.1 Å². The molecule has 7 heteroatoms. The summed E-state index contributed by atoms with van der Waals surface area (Å²) in [4.78, 5) is 12.1.